The molecule has 1 N–H and O–H groups in total. The Morgan fingerprint density at radius 1 is 1.00 bits per heavy atom. The third-order valence-electron chi connectivity index (χ3n) is 4.59. The second-order valence-corrected chi connectivity index (χ2v) is 7.89. The number of carbonyl (C=O) groups excluding carboxylic acids is 2. The van der Waals surface area contributed by atoms with Gasteiger partial charge in [-0.25, -0.2) is 0 Å². The van der Waals surface area contributed by atoms with Crippen molar-refractivity contribution in [3.05, 3.63) is 60.2 Å². The maximum absolute atomic E-state index is 12.1. The van der Waals surface area contributed by atoms with Gasteiger partial charge in [-0.2, -0.15) is 13.2 Å². The Balaban J connectivity index is 0.000000278. The first-order valence-electron chi connectivity index (χ1n) is 10.6. The van der Waals surface area contributed by atoms with E-state index in [9.17, 15) is 22.8 Å². The monoisotopic (exact) mass is 450 g/mol. The first-order valence-corrected chi connectivity index (χ1v) is 10.6. The van der Waals surface area contributed by atoms with Crippen LogP contribution in [0.1, 0.15) is 43.5 Å². The minimum Gasteiger partial charge on any atom is -0.457 e. The molecule has 3 rings (SSSR count). The molecule has 0 radical (unpaired) electrons. The summed E-state index contributed by atoms with van der Waals surface area (Å²) in [5.41, 5.74) is 0.0469. The van der Waals surface area contributed by atoms with Crippen molar-refractivity contribution in [2.75, 3.05) is 19.6 Å². The fourth-order valence-electron chi connectivity index (χ4n) is 3.08. The number of amides is 2. The molecular formula is C24H29F3N2O3. The van der Waals surface area contributed by atoms with Gasteiger partial charge >= 0.3 is 6.18 Å². The summed E-state index contributed by atoms with van der Waals surface area (Å²) in [7, 11) is 0. The molecule has 8 heteroatoms. The van der Waals surface area contributed by atoms with Crippen molar-refractivity contribution < 1.29 is 27.5 Å². The van der Waals surface area contributed by atoms with Crippen molar-refractivity contribution >= 4 is 11.8 Å². The number of benzene rings is 2. The molecular weight excluding hydrogens is 421 g/mol. The van der Waals surface area contributed by atoms with Crippen molar-refractivity contribution in [2.45, 2.75) is 39.3 Å². The summed E-state index contributed by atoms with van der Waals surface area (Å²) < 4.78 is 41.9. The van der Waals surface area contributed by atoms with Gasteiger partial charge < -0.3 is 15.0 Å². The van der Waals surface area contributed by atoms with E-state index in [0.717, 1.165) is 19.5 Å². The first-order chi connectivity index (χ1) is 15.2. The second kappa shape index (κ2) is 12.1. The summed E-state index contributed by atoms with van der Waals surface area (Å²) >= 11 is 0. The zero-order valence-electron chi connectivity index (χ0n) is 18.3. The second-order valence-electron chi connectivity index (χ2n) is 7.89. The third-order valence-corrected chi connectivity index (χ3v) is 4.59. The van der Waals surface area contributed by atoms with Crippen molar-refractivity contribution in [3.63, 3.8) is 0 Å². The Labute approximate surface area is 186 Å². The quantitative estimate of drug-likeness (QED) is 0.639. The Bertz CT molecular complexity index is 864. The summed E-state index contributed by atoms with van der Waals surface area (Å²) in [6.07, 6.45) is -1.33. The van der Waals surface area contributed by atoms with E-state index in [1.807, 2.05) is 10.2 Å². The van der Waals surface area contributed by atoms with Crippen molar-refractivity contribution in [3.8, 4) is 11.5 Å². The number of hydrogen-bond donors (Lipinski definition) is 1. The van der Waals surface area contributed by atoms with E-state index in [0.29, 0.717) is 17.6 Å². The van der Waals surface area contributed by atoms with Gasteiger partial charge in [0.25, 0.3) is 5.91 Å². The Morgan fingerprint density at radius 2 is 1.59 bits per heavy atom. The number of hydrogen-bond acceptors (Lipinski definition) is 3. The fourth-order valence-corrected chi connectivity index (χ4v) is 3.08. The molecule has 2 aromatic rings. The minimum atomic E-state index is -4.45. The average Bonchev–Trinajstić information content (AvgIpc) is 3.28. The molecule has 5 nitrogen and oxygen atoms in total. The molecule has 2 amide bonds. The van der Waals surface area contributed by atoms with E-state index in [1.54, 1.807) is 42.5 Å². The predicted octanol–water partition coefficient (Wildman–Crippen LogP) is 5.43. The molecule has 0 aromatic heterocycles. The molecule has 0 saturated carbocycles. The van der Waals surface area contributed by atoms with Crippen molar-refractivity contribution in [1.82, 2.24) is 10.2 Å². The maximum atomic E-state index is 12.1. The lowest BCUT2D eigenvalue weighted by Crippen LogP contribution is -2.33. The number of halogens is 3. The van der Waals surface area contributed by atoms with Crippen LogP contribution in [0.15, 0.2) is 54.6 Å². The molecule has 1 fully saturated rings. The van der Waals surface area contributed by atoms with E-state index in [4.69, 9.17) is 4.74 Å². The Kier molecular flexibility index (Phi) is 9.56. The van der Waals surface area contributed by atoms with Crippen LogP contribution < -0.4 is 10.1 Å². The van der Waals surface area contributed by atoms with Crippen LogP contribution in [0.2, 0.25) is 0 Å². The van der Waals surface area contributed by atoms with Crippen molar-refractivity contribution in [2.24, 2.45) is 5.92 Å². The highest BCUT2D eigenvalue weighted by molar-refractivity contribution is 5.97. The molecule has 32 heavy (non-hydrogen) atoms. The normalized spacial score (nSPS) is 13.4. The molecule has 0 unspecified atom stereocenters. The highest BCUT2D eigenvalue weighted by Crippen LogP contribution is 2.25. The van der Waals surface area contributed by atoms with Crippen LogP contribution in [-0.2, 0) is 4.79 Å². The van der Waals surface area contributed by atoms with Gasteiger partial charge in [0.2, 0.25) is 5.91 Å². The number of nitrogens with one attached hydrogen (secondary N) is 1. The highest BCUT2D eigenvalue weighted by Gasteiger charge is 2.28. The lowest BCUT2D eigenvalue weighted by molar-refractivity contribution is -0.130. The Hall–Kier alpha value is -3.03. The van der Waals surface area contributed by atoms with Crippen LogP contribution in [0.4, 0.5) is 13.2 Å². The maximum Gasteiger partial charge on any atom is 0.405 e. The van der Waals surface area contributed by atoms with Gasteiger partial charge in [-0.3, -0.25) is 9.59 Å². The van der Waals surface area contributed by atoms with Crippen LogP contribution in [0.25, 0.3) is 0 Å². The molecule has 0 atom stereocenters. The SMILES string of the molecule is CC(C)CC(=O)N1CCCC1.O=C(NCC(F)(F)F)c1ccccc1Oc1ccccc1. The lowest BCUT2D eigenvalue weighted by Gasteiger charge is -2.16. The summed E-state index contributed by atoms with van der Waals surface area (Å²) in [4.78, 5) is 25.2. The molecule has 1 aliphatic rings. The molecule has 174 valence electrons. The summed E-state index contributed by atoms with van der Waals surface area (Å²) in [6, 6.07) is 14.8. The largest absolute Gasteiger partial charge is 0.457 e. The number of para-hydroxylation sites is 2. The fraction of sp³-hybridized carbons (Fsp3) is 0.417. The number of nitrogens with zero attached hydrogens (tertiary/aromatic N) is 1. The van der Waals surface area contributed by atoms with Gasteiger partial charge in [0.1, 0.15) is 18.0 Å². The lowest BCUT2D eigenvalue weighted by atomic mass is 10.1. The van der Waals surface area contributed by atoms with Crippen LogP contribution >= 0.6 is 0 Å². The highest BCUT2D eigenvalue weighted by atomic mass is 19.4. The predicted molar refractivity (Wildman–Crippen MR) is 117 cm³/mol. The van der Waals surface area contributed by atoms with E-state index in [-0.39, 0.29) is 11.3 Å². The number of alkyl halides is 3. The van der Waals surface area contributed by atoms with Gasteiger partial charge in [0.15, 0.2) is 0 Å². The van der Waals surface area contributed by atoms with Gasteiger partial charge in [-0.05, 0) is 43.0 Å². The van der Waals surface area contributed by atoms with Gasteiger partial charge in [0.05, 0.1) is 5.56 Å². The molecule has 1 heterocycles. The number of ether oxygens (including phenoxy) is 1. The zero-order valence-corrected chi connectivity index (χ0v) is 18.3. The van der Waals surface area contributed by atoms with Crippen LogP contribution in [-0.4, -0.2) is 42.5 Å². The standard InChI is InChI=1S/C15H12F3NO2.C9H17NO/c16-15(17,18)10-19-14(20)12-8-4-5-9-13(12)21-11-6-2-1-3-7-11;1-8(2)7-9(11)10-5-3-4-6-10/h1-9H,10H2,(H,19,20);8H,3-7H2,1-2H3. The molecule has 2 aromatic carbocycles. The first kappa shape index (κ1) is 25.2. The number of rotatable bonds is 6. The Morgan fingerprint density at radius 3 is 2.19 bits per heavy atom. The van der Waals surface area contributed by atoms with E-state index >= 15 is 0 Å². The van der Waals surface area contributed by atoms with E-state index in [1.165, 1.54) is 25.0 Å². The van der Waals surface area contributed by atoms with E-state index < -0.39 is 18.6 Å². The number of likely N-dealkylation sites (tertiary alicyclic amines) is 1. The molecule has 0 bridgehead atoms. The van der Waals surface area contributed by atoms with E-state index in [2.05, 4.69) is 13.8 Å². The zero-order chi connectivity index (χ0) is 23.6. The summed E-state index contributed by atoms with van der Waals surface area (Å²) in [5.74, 6) is 0.705. The van der Waals surface area contributed by atoms with Gasteiger partial charge in [-0.15, -0.1) is 0 Å². The minimum absolute atomic E-state index is 0.0469. The summed E-state index contributed by atoms with van der Waals surface area (Å²) in [6.45, 7) is 4.78. The van der Waals surface area contributed by atoms with Crippen molar-refractivity contribution in [1.29, 1.82) is 0 Å². The number of carbonyl (C=O) groups is 2. The molecule has 0 spiro atoms. The van der Waals surface area contributed by atoms with Crippen LogP contribution in [0.5, 0.6) is 11.5 Å². The smallest absolute Gasteiger partial charge is 0.405 e. The topological polar surface area (TPSA) is 58.6 Å². The average molecular weight is 451 g/mol. The van der Waals surface area contributed by atoms with Gasteiger partial charge in [-0.1, -0.05) is 44.2 Å². The third kappa shape index (κ3) is 8.99. The van der Waals surface area contributed by atoms with Crippen LogP contribution in [0, 0.1) is 5.92 Å². The summed E-state index contributed by atoms with van der Waals surface area (Å²) in [5, 5.41) is 1.82. The van der Waals surface area contributed by atoms with Gasteiger partial charge in [0, 0.05) is 19.5 Å². The molecule has 1 aliphatic heterocycles. The molecule has 1 saturated heterocycles. The van der Waals surface area contributed by atoms with Crippen LogP contribution in [0.3, 0.4) is 0 Å². The molecule has 0 aliphatic carbocycles.